The number of allylic oxidation sites excluding steroid dienone is 2. The average Bonchev–Trinajstić information content (AvgIpc) is 2.95. The Hall–Kier alpha value is -3.07. The molecule has 0 aliphatic carbocycles. The Morgan fingerprint density at radius 2 is 1.68 bits per heavy atom. The van der Waals surface area contributed by atoms with Gasteiger partial charge in [-0.3, -0.25) is 4.99 Å². The van der Waals surface area contributed by atoms with Gasteiger partial charge in [-0.25, -0.2) is 0 Å². The Labute approximate surface area is 245 Å². The molecule has 3 rings (SSSR count). The predicted octanol–water partition coefficient (Wildman–Crippen LogP) is 9.59. The lowest BCUT2D eigenvalue weighted by Crippen LogP contribution is -2.47. The molecule has 40 heavy (non-hydrogen) atoms. The van der Waals surface area contributed by atoms with E-state index in [1.165, 1.54) is 72.0 Å². The molecule has 1 unspecified atom stereocenters. The quantitative estimate of drug-likeness (QED) is 0.120. The van der Waals surface area contributed by atoms with E-state index < -0.39 is 0 Å². The van der Waals surface area contributed by atoms with Crippen molar-refractivity contribution in [2.24, 2.45) is 10.9 Å². The van der Waals surface area contributed by atoms with Crippen LogP contribution in [0.1, 0.15) is 93.5 Å². The zero-order chi connectivity index (χ0) is 28.9. The highest BCUT2D eigenvalue weighted by Crippen LogP contribution is 2.33. The molecule has 0 N–H and O–H groups in total. The predicted molar refractivity (Wildman–Crippen MR) is 176 cm³/mol. The van der Waals surface area contributed by atoms with Gasteiger partial charge in [0.1, 0.15) is 5.82 Å². The summed E-state index contributed by atoms with van der Waals surface area (Å²) in [5, 5.41) is 0. The zero-order valence-electron chi connectivity index (χ0n) is 25.9. The van der Waals surface area contributed by atoms with Crippen LogP contribution in [-0.2, 0) is 25.8 Å². The molecule has 2 aromatic rings. The molecule has 2 aromatic carbocycles. The Morgan fingerprint density at radius 3 is 2.40 bits per heavy atom. The van der Waals surface area contributed by atoms with Crippen molar-refractivity contribution in [1.82, 2.24) is 4.90 Å². The summed E-state index contributed by atoms with van der Waals surface area (Å²) in [7, 11) is 0. The van der Waals surface area contributed by atoms with Gasteiger partial charge in [0, 0.05) is 31.5 Å². The van der Waals surface area contributed by atoms with Gasteiger partial charge in [0.05, 0.1) is 0 Å². The van der Waals surface area contributed by atoms with Crippen LogP contribution in [0.25, 0.3) is 0 Å². The number of hydrogen-bond donors (Lipinski definition) is 0. The third-order valence-electron chi connectivity index (χ3n) is 8.41. The number of rotatable bonds is 16. The summed E-state index contributed by atoms with van der Waals surface area (Å²) < 4.78 is 0. The van der Waals surface area contributed by atoms with Gasteiger partial charge < -0.3 is 9.80 Å². The highest BCUT2D eigenvalue weighted by atomic mass is 15.4. The lowest BCUT2D eigenvalue weighted by Gasteiger charge is -2.44. The van der Waals surface area contributed by atoms with Crippen LogP contribution in [-0.4, -0.2) is 24.7 Å². The average molecular weight is 540 g/mol. The van der Waals surface area contributed by atoms with E-state index in [0.29, 0.717) is 5.92 Å². The molecule has 0 spiro atoms. The fraction of sp³-hybridized carbons (Fsp3) is 0.486. The molecule has 1 atom stereocenters. The maximum atomic E-state index is 4.68. The minimum absolute atomic E-state index is 0.563. The highest BCUT2D eigenvalue weighted by molar-refractivity contribution is 5.56. The summed E-state index contributed by atoms with van der Waals surface area (Å²) in [6, 6.07) is 14.1. The fourth-order valence-corrected chi connectivity index (χ4v) is 6.01. The van der Waals surface area contributed by atoms with E-state index in [0.717, 1.165) is 56.7 Å². The Morgan fingerprint density at radius 1 is 0.925 bits per heavy atom. The largest absolute Gasteiger partial charge is 0.354 e. The first kappa shape index (κ1) is 31.5. The lowest BCUT2D eigenvalue weighted by molar-refractivity contribution is 0.227. The van der Waals surface area contributed by atoms with Crippen molar-refractivity contribution in [3.8, 4) is 0 Å². The van der Waals surface area contributed by atoms with Gasteiger partial charge in [0.15, 0.2) is 0 Å². The maximum absolute atomic E-state index is 4.68. The molecule has 1 fully saturated rings. The molecule has 0 amide bonds. The van der Waals surface area contributed by atoms with Crippen molar-refractivity contribution in [1.29, 1.82) is 0 Å². The van der Waals surface area contributed by atoms with Gasteiger partial charge in [-0.15, -0.1) is 0 Å². The smallest absolute Gasteiger partial charge is 0.101 e. The topological polar surface area (TPSA) is 18.8 Å². The van der Waals surface area contributed by atoms with Gasteiger partial charge in [0.2, 0.25) is 0 Å². The number of unbranched alkanes of at least 4 members (excludes halogenated alkanes) is 3. The van der Waals surface area contributed by atoms with Gasteiger partial charge in [-0.05, 0) is 105 Å². The van der Waals surface area contributed by atoms with Crippen LogP contribution >= 0.6 is 0 Å². The third-order valence-corrected chi connectivity index (χ3v) is 8.41. The number of aryl methyl sites for hydroxylation is 4. The molecule has 1 aliphatic rings. The van der Waals surface area contributed by atoms with Crippen LogP contribution in [0.5, 0.6) is 0 Å². The SMILES string of the molecule is C=N/C=C\C(=C)CCCC1CN(Cc2cc(C)ccc2CC)C(=C)N(c2ccc(CC)c(CCCCCC)c2)C1. The molecular formula is C37H53N3. The van der Waals surface area contributed by atoms with Crippen LogP contribution in [0.15, 0.2) is 78.2 Å². The van der Waals surface area contributed by atoms with Gasteiger partial charge in [0.25, 0.3) is 0 Å². The van der Waals surface area contributed by atoms with E-state index in [2.05, 4.69) is 98.8 Å². The third kappa shape index (κ3) is 8.98. The molecule has 3 nitrogen and oxygen atoms in total. The summed E-state index contributed by atoms with van der Waals surface area (Å²) in [5.74, 6) is 1.69. The molecule has 1 heterocycles. The second kappa shape index (κ2) is 16.3. The van der Waals surface area contributed by atoms with E-state index in [4.69, 9.17) is 0 Å². The summed E-state index contributed by atoms with van der Waals surface area (Å²) in [6.45, 7) is 24.4. The summed E-state index contributed by atoms with van der Waals surface area (Å²) in [5.41, 5.74) is 9.62. The van der Waals surface area contributed by atoms with E-state index >= 15 is 0 Å². The van der Waals surface area contributed by atoms with E-state index in [1.54, 1.807) is 6.20 Å². The minimum Gasteiger partial charge on any atom is -0.354 e. The van der Waals surface area contributed by atoms with Crippen LogP contribution in [0.4, 0.5) is 5.69 Å². The molecule has 1 saturated heterocycles. The number of anilines is 1. The molecule has 216 valence electrons. The number of benzene rings is 2. The van der Waals surface area contributed by atoms with Crippen LogP contribution in [0, 0.1) is 12.8 Å². The van der Waals surface area contributed by atoms with Gasteiger partial charge in [-0.2, -0.15) is 0 Å². The Bertz CT molecular complexity index is 1160. The van der Waals surface area contributed by atoms with E-state index in [1.807, 2.05) is 6.08 Å². The number of hydrogen-bond acceptors (Lipinski definition) is 3. The van der Waals surface area contributed by atoms with Gasteiger partial charge in [-0.1, -0.05) is 88.6 Å². The monoisotopic (exact) mass is 539 g/mol. The van der Waals surface area contributed by atoms with E-state index in [9.17, 15) is 0 Å². The normalized spacial score (nSPS) is 15.7. The molecule has 0 aromatic heterocycles. The molecule has 3 heteroatoms. The fourth-order valence-electron chi connectivity index (χ4n) is 6.01. The zero-order valence-corrected chi connectivity index (χ0v) is 25.9. The van der Waals surface area contributed by atoms with Gasteiger partial charge >= 0.3 is 0 Å². The lowest BCUT2D eigenvalue weighted by atomic mass is 9.94. The van der Waals surface area contributed by atoms with Crippen molar-refractivity contribution >= 4 is 12.4 Å². The first-order valence-electron chi connectivity index (χ1n) is 15.6. The molecule has 0 radical (unpaired) electrons. The summed E-state index contributed by atoms with van der Waals surface area (Å²) in [4.78, 5) is 8.86. The van der Waals surface area contributed by atoms with Crippen molar-refractivity contribution in [2.45, 2.75) is 98.4 Å². The summed E-state index contributed by atoms with van der Waals surface area (Å²) >= 11 is 0. The minimum atomic E-state index is 0.563. The van der Waals surface area contributed by atoms with Crippen LogP contribution < -0.4 is 4.90 Å². The second-order valence-corrected chi connectivity index (χ2v) is 11.6. The van der Waals surface area contributed by atoms with Crippen molar-refractivity contribution in [3.63, 3.8) is 0 Å². The first-order valence-corrected chi connectivity index (χ1v) is 15.6. The Balaban J connectivity index is 1.85. The number of nitrogens with zero attached hydrogens (tertiary/aromatic N) is 3. The highest BCUT2D eigenvalue weighted by Gasteiger charge is 2.29. The Kier molecular flexibility index (Phi) is 12.8. The van der Waals surface area contributed by atoms with E-state index in [-0.39, 0.29) is 0 Å². The van der Waals surface area contributed by atoms with Crippen LogP contribution in [0.2, 0.25) is 0 Å². The van der Waals surface area contributed by atoms with Crippen molar-refractivity contribution in [2.75, 3.05) is 18.0 Å². The van der Waals surface area contributed by atoms with Crippen molar-refractivity contribution in [3.05, 3.63) is 101 Å². The summed E-state index contributed by atoms with van der Waals surface area (Å²) in [6.07, 6.45) is 15.5. The maximum Gasteiger partial charge on any atom is 0.101 e. The molecule has 1 aliphatic heterocycles. The molecular weight excluding hydrogens is 486 g/mol. The van der Waals surface area contributed by atoms with Crippen molar-refractivity contribution < 1.29 is 0 Å². The molecule has 0 saturated carbocycles. The van der Waals surface area contributed by atoms with Crippen LogP contribution in [0.3, 0.4) is 0 Å². The molecule has 0 bridgehead atoms. The number of aliphatic imine (C=N–C) groups is 1. The standard InChI is InChI=1S/C37H53N3/c1-8-11-12-13-17-35-25-37(21-20-33(35)9-2)40-27-32(16-14-15-29(4)22-23-38-7)26-39(31(40)6)28-36-24-30(5)18-19-34(36)10-3/h18-25,32H,4,6-17,26-28H2,1-3,5H3/b23-22-. The first-order chi connectivity index (χ1) is 19.4. The second-order valence-electron chi connectivity index (χ2n) is 11.6.